The van der Waals surface area contributed by atoms with Crippen molar-refractivity contribution in [3.05, 3.63) is 23.6 Å². The van der Waals surface area contributed by atoms with Gasteiger partial charge in [-0.2, -0.15) is 9.99 Å². The Morgan fingerprint density at radius 1 is 1.41 bits per heavy atom. The van der Waals surface area contributed by atoms with Crippen molar-refractivity contribution >= 4 is 11.0 Å². The Morgan fingerprint density at radius 3 is 2.73 bits per heavy atom. The number of rotatable bonds is 2. The van der Waals surface area contributed by atoms with Crippen molar-refractivity contribution in [2.24, 2.45) is 0 Å². The number of nitriles is 1. The number of nitrogens with zero attached hydrogens (tertiary/aromatic N) is 4. The van der Waals surface area contributed by atoms with E-state index in [0.717, 1.165) is 6.33 Å². The molecule has 1 saturated heterocycles. The quantitative estimate of drug-likeness (QED) is 0.402. The summed E-state index contributed by atoms with van der Waals surface area (Å²) in [5, 5.41) is 55.5. The van der Waals surface area contributed by atoms with Crippen LogP contribution >= 0.6 is 0 Å². The maximum absolute atomic E-state index is 10.1. The Bertz CT molecular complexity index is 822. The normalized spacial score (nSPS) is 28.1. The molecular formula is C12H13N5O5. The molecule has 0 bridgehead atoms. The van der Waals surface area contributed by atoms with Crippen LogP contribution in [0.1, 0.15) is 11.8 Å². The summed E-state index contributed by atoms with van der Waals surface area (Å²) in [5.41, 5.74) is -0.137. The van der Waals surface area contributed by atoms with Gasteiger partial charge in [0.25, 0.3) is 0 Å². The minimum atomic E-state index is -1.34. The molecule has 5 N–H and O–H groups in total. The number of fused-ring (bicyclic) bond motifs is 1. The van der Waals surface area contributed by atoms with E-state index in [4.69, 9.17) is 20.5 Å². The van der Waals surface area contributed by atoms with Gasteiger partial charge in [0.1, 0.15) is 36.4 Å². The van der Waals surface area contributed by atoms with E-state index in [1.807, 2.05) is 6.07 Å². The van der Waals surface area contributed by atoms with Crippen LogP contribution in [0.15, 0.2) is 12.5 Å². The van der Waals surface area contributed by atoms with Crippen molar-refractivity contribution in [3.8, 4) is 6.07 Å². The fourth-order valence-corrected chi connectivity index (χ4v) is 2.55. The lowest BCUT2D eigenvalue weighted by Crippen LogP contribution is -2.33. The Morgan fingerprint density at radius 2 is 2.14 bits per heavy atom. The molecule has 3 rings (SSSR count). The maximum atomic E-state index is 10.1. The topological polar surface area (TPSA) is 161 Å². The van der Waals surface area contributed by atoms with Gasteiger partial charge in [0.15, 0.2) is 11.7 Å². The van der Waals surface area contributed by atoms with Gasteiger partial charge in [-0.25, -0.2) is 4.98 Å². The zero-order chi connectivity index (χ0) is 16.0. The van der Waals surface area contributed by atoms with E-state index in [2.05, 4.69) is 4.98 Å². The van der Waals surface area contributed by atoms with Crippen molar-refractivity contribution in [1.82, 2.24) is 14.3 Å². The first-order valence-corrected chi connectivity index (χ1v) is 6.38. The van der Waals surface area contributed by atoms with E-state index < -0.39 is 31.1 Å². The van der Waals surface area contributed by atoms with Crippen molar-refractivity contribution < 1.29 is 25.3 Å². The molecule has 0 radical (unpaired) electrons. The second kappa shape index (κ2) is 5.08. The van der Waals surface area contributed by atoms with E-state index in [1.165, 1.54) is 10.8 Å². The van der Waals surface area contributed by atoms with Crippen LogP contribution in [0, 0.1) is 16.7 Å². The highest BCUT2D eigenvalue weighted by atomic mass is 16.6. The van der Waals surface area contributed by atoms with Gasteiger partial charge in [-0.1, -0.05) is 0 Å². The fourth-order valence-electron chi connectivity index (χ4n) is 2.55. The Hall–Kier alpha value is -2.45. The lowest BCUT2D eigenvalue weighted by atomic mass is 10.1. The van der Waals surface area contributed by atoms with Gasteiger partial charge < -0.3 is 29.8 Å². The predicted octanol–water partition coefficient (Wildman–Crippen LogP) is -1.96. The first-order valence-electron chi connectivity index (χ1n) is 6.38. The number of ether oxygens (including phenoxy) is 1. The molecule has 10 heteroatoms. The first kappa shape index (κ1) is 14.5. The molecule has 4 atom stereocenters. The number of aromatic nitrogens is 3. The number of hydrogen-bond donors (Lipinski definition) is 5. The van der Waals surface area contributed by atoms with Crippen LogP contribution in [0.4, 0.5) is 0 Å². The van der Waals surface area contributed by atoms with Gasteiger partial charge in [-0.3, -0.25) is 5.41 Å². The largest absolute Gasteiger partial charge is 0.425 e. The lowest BCUT2D eigenvalue weighted by Gasteiger charge is -2.17. The summed E-state index contributed by atoms with van der Waals surface area (Å²) in [6, 6.07) is 1.88. The minimum Gasteiger partial charge on any atom is -0.425 e. The van der Waals surface area contributed by atoms with Crippen LogP contribution < -0.4 is 5.49 Å². The summed E-state index contributed by atoms with van der Waals surface area (Å²) in [4.78, 5) is 3.93. The van der Waals surface area contributed by atoms with Gasteiger partial charge >= 0.3 is 0 Å². The van der Waals surface area contributed by atoms with Crippen LogP contribution in [0.5, 0.6) is 0 Å². The van der Waals surface area contributed by atoms with Gasteiger partial charge in [0, 0.05) is 6.20 Å². The van der Waals surface area contributed by atoms with Crippen LogP contribution in [0.25, 0.3) is 11.0 Å². The van der Waals surface area contributed by atoms with Gasteiger partial charge in [-0.05, 0) is 0 Å². The van der Waals surface area contributed by atoms with Crippen LogP contribution in [-0.4, -0.2) is 59.7 Å². The van der Waals surface area contributed by atoms with Crippen molar-refractivity contribution in [2.45, 2.75) is 24.5 Å². The average molecular weight is 307 g/mol. The molecule has 10 nitrogen and oxygen atoms in total. The summed E-state index contributed by atoms with van der Waals surface area (Å²) in [6.45, 7) is -0.479. The SMILES string of the molecule is N#Cc1cn(C2OC(CO)C(O)C2O)c2ncn(O)c(=N)c12. The molecule has 0 saturated carbocycles. The summed E-state index contributed by atoms with van der Waals surface area (Å²) in [6.07, 6.45) is -2.38. The van der Waals surface area contributed by atoms with E-state index >= 15 is 0 Å². The predicted molar refractivity (Wildman–Crippen MR) is 68.5 cm³/mol. The zero-order valence-corrected chi connectivity index (χ0v) is 11.2. The molecule has 0 spiro atoms. The summed E-state index contributed by atoms with van der Waals surface area (Å²) < 4.78 is 7.15. The minimum absolute atomic E-state index is 0.0636. The molecule has 1 aliphatic rings. The summed E-state index contributed by atoms with van der Waals surface area (Å²) >= 11 is 0. The summed E-state index contributed by atoms with van der Waals surface area (Å²) in [7, 11) is 0. The molecule has 0 amide bonds. The fraction of sp³-hybridized carbons (Fsp3) is 0.417. The van der Waals surface area contributed by atoms with Crippen LogP contribution in [0.3, 0.4) is 0 Å². The van der Waals surface area contributed by atoms with E-state index in [9.17, 15) is 15.4 Å². The molecule has 116 valence electrons. The highest BCUT2D eigenvalue weighted by Gasteiger charge is 2.44. The van der Waals surface area contributed by atoms with Gasteiger partial charge in [0.05, 0.1) is 17.6 Å². The van der Waals surface area contributed by atoms with Crippen LogP contribution in [0.2, 0.25) is 0 Å². The Kier molecular flexibility index (Phi) is 3.34. The number of hydrogen-bond acceptors (Lipinski definition) is 8. The third-order valence-electron chi connectivity index (χ3n) is 3.67. The average Bonchev–Trinajstić information content (AvgIpc) is 3.02. The molecular weight excluding hydrogens is 294 g/mol. The van der Waals surface area contributed by atoms with Crippen LogP contribution in [-0.2, 0) is 4.74 Å². The van der Waals surface area contributed by atoms with Crippen molar-refractivity contribution in [1.29, 1.82) is 10.7 Å². The van der Waals surface area contributed by atoms with E-state index in [0.29, 0.717) is 4.73 Å². The number of aliphatic hydroxyl groups is 3. The molecule has 4 unspecified atom stereocenters. The molecule has 1 fully saturated rings. The number of nitrogens with one attached hydrogen (secondary N) is 1. The van der Waals surface area contributed by atoms with Gasteiger partial charge in [0.2, 0.25) is 0 Å². The summed E-state index contributed by atoms with van der Waals surface area (Å²) in [5.74, 6) is 0. The van der Waals surface area contributed by atoms with Crippen molar-refractivity contribution in [3.63, 3.8) is 0 Å². The van der Waals surface area contributed by atoms with Gasteiger partial charge in [-0.15, -0.1) is 0 Å². The Labute approximate surface area is 123 Å². The molecule has 22 heavy (non-hydrogen) atoms. The molecule has 3 heterocycles. The molecule has 2 aromatic heterocycles. The second-order valence-corrected chi connectivity index (χ2v) is 4.93. The third kappa shape index (κ3) is 1.88. The molecule has 0 aliphatic carbocycles. The lowest BCUT2D eigenvalue weighted by molar-refractivity contribution is -0.0509. The molecule has 0 aromatic carbocycles. The number of aliphatic hydroxyl groups excluding tert-OH is 3. The van der Waals surface area contributed by atoms with E-state index in [-0.39, 0.29) is 22.1 Å². The smallest absolute Gasteiger partial charge is 0.174 e. The zero-order valence-electron chi connectivity index (χ0n) is 11.2. The highest BCUT2D eigenvalue weighted by Crippen LogP contribution is 2.32. The Balaban J connectivity index is 2.19. The second-order valence-electron chi connectivity index (χ2n) is 4.93. The highest BCUT2D eigenvalue weighted by molar-refractivity contribution is 5.82. The third-order valence-corrected chi connectivity index (χ3v) is 3.67. The first-order chi connectivity index (χ1) is 10.5. The van der Waals surface area contributed by atoms with Crippen molar-refractivity contribution in [2.75, 3.05) is 6.61 Å². The molecule has 1 aliphatic heterocycles. The standard InChI is InChI=1S/C12H13N5O5/c13-1-5-2-16(11-7(5)10(14)17(21)4-15-11)12-9(20)8(19)6(3-18)22-12/h2,4,6,8-9,12,14,18-21H,3H2. The maximum Gasteiger partial charge on any atom is 0.174 e. The van der Waals surface area contributed by atoms with E-state index in [1.54, 1.807) is 0 Å². The molecule has 2 aromatic rings. The monoisotopic (exact) mass is 307 g/mol.